The predicted molar refractivity (Wildman–Crippen MR) is 144 cm³/mol. The Bertz CT molecular complexity index is 2090. The van der Waals surface area contributed by atoms with E-state index in [9.17, 15) is 48.8 Å². The lowest BCUT2D eigenvalue weighted by atomic mass is 10.1. The molecule has 1 amide bonds. The molecule has 0 aromatic heterocycles. The van der Waals surface area contributed by atoms with Gasteiger partial charge in [0.2, 0.25) is 0 Å². The molecule has 41 heavy (non-hydrogen) atoms. The molecule has 0 aliphatic carbocycles. The number of hydrogen-bond donors (Lipinski definition) is 6. The Morgan fingerprint density at radius 3 is 2.05 bits per heavy atom. The number of amides is 1. The minimum atomic E-state index is -5.12. The molecular weight excluding hydrogens is 604 g/mol. The van der Waals surface area contributed by atoms with Crippen molar-refractivity contribution in [3.63, 3.8) is 0 Å². The van der Waals surface area contributed by atoms with Crippen LogP contribution in [0.5, 0.6) is 5.75 Å². The average Bonchev–Trinajstić information content (AvgIpc) is 2.87. The maximum Gasteiger partial charge on any atom is 0.295 e. The molecule has 0 atom stereocenters. The van der Waals surface area contributed by atoms with Crippen molar-refractivity contribution < 1.29 is 48.8 Å². The van der Waals surface area contributed by atoms with E-state index in [0.29, 0.717) is 6.07 Å². The molecule has 4 aromatic rings. The number of para-hydroxylation sites is 1. The van der Waals surface area contributed by atoms with Gasteiger partial charge in [0.15, 0.2) is 0 Å². The summed E-state index contributed by atoms with van der Waals surface area (Å²) < 4.78 is 97.6. The molecule has 214 valence electrons. The van der Waals surface area contributed by atoms with Gasteiger partial charge in [-0.1, -0.05) is 18.2 Å². The van der Waals surface area contributed by atoms with E-state index in [1.165, 1.54) is 36.4 Å². The number of phenols is 1. The van der Waals surface area contributed by atoms with Crippen molar-refractivity contribution >= 4 is 69.8 Å². The van der Waals surface area contributed by atoms with Crippen molar-refractivity contribution in [2.45, 2.75) is 14.7 Å². The molecule has 18 heteroatoms. The number of benzene rings is 4. The highest BCUT2D eigenvalue weighted by Gasteiger charge is 2.25. The average molecular weight is 623 g/mol. The minimum absolute atomic E-state index is 0.000568. The fraction of sp³-hybridized carbons (Fsp3) is 0. The summed E-state index contributed by atoms with van der Waals surface area (Å²) in [5.74, 6) is -1.69. The van der Waals surface area contributed by atoms with Crippen LogP contribution in [-0.4, -0.2) is 49.9 Å². The van der Waals surface area contributed by atoms with Gasteiger partial charge >= 0.3 is 0 Å². The number of nitrogens with two attached hydrogens (primary N) is 1. The van der Waals surface area contributed by atoms with E-state index in [4.69, 9.17) is 5.73 Å². The maximum atomic E-state index is 13.0. The standard InChI is InChI=1S/C23H18N4O11S3/c24-16-8-5-12-9-14(40(33,34)35)10-19(28)21(12)22(16)27-26-18-4-2-1-3-17(18)25-23(29)15-7-6-13(39(30,31)32)11-20(15)41(36,37)38/h1-11,28H,24H2,(H,25,29)(H,30,31,32)(H,33,34,35)(H,36,37,38). The summed E-state index contributed by atoms with van der Waals surface area (Å²) in [6.07, 6.45) is 0. The molecule has 0 saturated carbocycles. The monoisotopic (exact) mass is 622 g/mol. The number of nitrogens with one attached hydrogen (secondary N) is 1. The first kappa shape index (κ1) is 29.5. The highest BCUT2D eigenvalue weighted by molar-refractivity contribution is 7.86. The third-order valence-corrected chi connectivity index (χ3v) is 8.13. The normalized spacial score (nSPS) is 12.6. The number of carbonyl (C=O) groups excluding carboxylic acids is 1. The van der Waals surface area contributed by atoms with E-state index >= 15 is 0 Å². The van der Waals surface area contributed by atoms with Crippen LogP contribution < -0.4 is 11.1 Å². The Hall–Kier alpha value is -4.46. The van der Waals surface area contributed by atoms with Gasteiger partial charge in [0.05, 0.1) is 32.1 Å². The van der Waals surface area contributed by atoms with Gasteiger partial charge in [-0.15, -0.1) is 10.2 Å². The van der Waals surface area contributed by atoms with Gasteiger partial charge in [-0.2, -0.15) is 25.3 Å². The Morgan fingerprint density at radius 1 is 0.756 bits per heavy atom. The van der Waals surface area contributed by atoms with E-state index in [2.05, 4.69) is 15.5 Å². The fourth-order valence-electron chi connectivity index (χ4n) is 3.70. The molecule has 4 aromatic carbocycles. The molecule has 0 heterocycles. The molecule has 0 fully saturated rings. The molecule has 0 aliphatic rings. The number of nitrogens with zero attached hydrogens (tertiary/aromatic N) is 2. The Balaban J connectivity index is 1.75. The zero-order chi connectivity index (χ0) is 30.3. The molecule has 0 unspecified atom stereocenters. The zero-order valence-electron chi connectivity index (χ0n) is 20.2. The Morgan fingerprint density at radius 2 is 1.41 bits per heavy atom. The second-order valence-corrected chi connectivity index (χ2v) is 12.5. The Labute approximate surface area is 232 Å². The van der Waals surface area contributed by atoms with Crippen LogP contribution in [0.1, 0.15) is 10.4 Å². The smallest absolute Gasteiger partial charge is 0.295 e. The van der Waals surface area contributed by atoms with Crippen LogP contribution in [0, 0.1) is 0 Å². The van der Waals surface area contributed by atoms with Crippen LogP contribution in [-0.2, 0) is 30.4 Å². The minimum Gasteiger partial charge on any atom is -0.507 e. The van der Waals surface area contributed by atoms with Crippen LogP contribution in [0.4, 0.5) is 22.7 Å². The topological polar surface area (TPSA) is 263 Å². The number of aromatic hydroxyl groups is 1. The van der Waals surface area contributed by atoms with E-state index in [0.717, 1.165) is 24.3 Å². The number of carbonyl (C=O) groups is 1. The lowest BCUT2D eigenvalue weighted by Crippen LogP contribution is -2.17. The van der Waals surface area contributed by atoms with Crippen molar-refractivity contribution in [3.8, 4) is 5.75 Å². The van der Waals surface area contributed by atoms with E-state index in [1.54, 1.807) is 0 Å². The van der Waals surface area contributed by atoms with Crippen molar-refractivity contribution in [1.29, 1.82) is 0 Å². The van der Waals surface area contributed by atoms with Crippen molar-refractivity contribution in [2.24, 2.45) is 10.2 Å². The van der Waals surface area contributed by atoms with E-state index in [1.807, 2.05) is 0 Å². The van der Waals surface area contributed by atoms with Crippen molar-refractivity contribution in [1.82, 2.24) is 0 Å². The Kier molecular flexibility index (Phi) is 7.56. The van der Waals surface area contributed by atoms with Crippen LogP contribution in [0.3, 0.4) is 0 Å². The summed E-state index contributed by atoms with van der Waals surface area (Å²) >= 11 is 0. The highest BCUT2D eigenvalue weighted by atomic mass is 32.2. The number of fused-ring (bicyclic) bond motifs is 1. The SMILES string of the molecule is Nc1ccc2cc(S(=O)(=O)O)cc(O)c2c1N=Nc1ccccc1NC(=O)c1ccc(S(=O)(=O)O)cc1S(=O)(=O)O. The molecule has 15 nitrogen and oxygen atoms in total. The van der Waals surface area contributed by atoms with Gasteiger partial charge in [-0.25, -0.2) is 0 Å². The molecule has 0 aliphatic heterocycles. The summed E-state index contributed by atoms with van der Waals surface area (Å²) in [4.78, 5) is 10.4. The predicted octanol–water partition coefficient (Wildman–Crippen LogP) is 3.54. The summed E-state index contributed by atoms with van der Waals surface area (Å²) in [6.45, 7) is 0. The number of hydrogen-bond acceptors (Lipinski definition) is 11. The van der Waals surface area contributed by atoms with Gasteiger partial charge < -0.3 is 16.2 Å². The number of phenolic OH excluding ortho intramolecular Hbond substituents is 1. The molecule has 7 N–H and O–H groups in total. The zero-order valence-corrected chi connectivity index (χ0v) is 22.6. The maximum absolute atomic E-state index is 13.0. The molecule has 4 rings (SSSR count). The van der Waals surface area contributed by atoms with Crippen LogP contribution in [0.15, 0.2) is 91.6 Å². The molecule has 0 bridgehead atoms. The summed E-state index contributed by atoms with van der Waals surface area (Å²) in [6, 6.07) is 12.3. The number of anilines is 2. The molecule has 0 radical (unpaired) electrons. The first-order valence-corrected chi connectivity index (χ1v) is 15.2. The van der Waals surface area contributed by atoms with Crippen LogP contribution >= 0.6 is 0 Å². The van der Waals surface area contributed by atoms with Gasteiger partial charge in [0.25, 0.3) is 36.3 Å². The van der Waals surface area contributed by atoms with Crippen LogP contribution in [0.25, 0.3) is 10.8 Å². The summed E-state index contributed by atoms with van der Waals surface area (Å²) in [5, 5.41) is 21.1. The van der Waals surface area contributed by atoms with Gasteiger partial charge in [-0.05, 0) is 47.9 Å². The lowest BCUT2D eigenvalue weighted by Gasteiger charge is -2.11. The molecular formula is C23H18N4O11S3. The van der Waals surface area contributed by atoms with E-state index in [-0.39, 0.29) is 33.5 Å². The van der Waals surface area contributed by atoms with E-state index < -0.39 is 62.3 Å². The third kappa shape index (κ3) is 6.32. The van der Waals surface area contributed by atoms with Crippen molar-refractivity contribution in [2.75, 3.05) is 11.1 Å². The number of rotatable bonds is 7. The highest BCUT2D eigenvalue weighted by Crippen LogP contribution is 2.41. The first-order valence-electron chi connectivity index (χ1n) is 10.9. The summed E-state index contributed by atoms with van der Waals surface area (Å²) in [7, 11) is -14.6. The largest absolute Gasteiger partial charge is 0.507 e. The van der Waals surface area contributed by atoms with Crippen LogP contribution in [0.2, 0.25) is 0 Å². The second kappa shape index (κ2) is 10.5. The second-order valence-electron chi connectivity index (χ2n) is 8.30. The first-order chi connectivity index (χ1) is 19.0. The quantitative estimate of drug-likeness (QED) is 0.0982. The molecule has 0 saturated heterocycles. The third-order valence-electron chi connectivity index (χ3n) is 5.56. The molecule has 0 spiro atoms. The van der Waals surface area contributed by atoms with Gasteiger partial charge in [-0.3, -0.25) is 18.5 Å². The van der Waals surface area contributed by atoms with Gasteiger partial charge in [0, 0.05) is 6.07 Å². The number of azo groups is 1. The fourth-order valence-corrected chi connectivity index (χ4v) is 5.53. The van der Waals surface area contributed by atoms with Gasteiger partial charge in [0.1, 0.15) is 22.0 Å². The van der Waals surface area contributed by atoms with Crippen molar-refractivity contribution in [3.05, 3.63) is 72.3 Å². The summed E-state index contributed by atoms with van der Waals surface area (Å²) in [5.41, 5.74) is 5.23. The lowest BCUT2D eigenvalue weighted by molar-refractivity contribution is 0.102. The number of nitrogen functional groups attached to an aromatic ring is 1.